The van der Waals surface area contributed by atoms with Gasteiger partial charge in [0.05, 0.1) is 23.4 Å². The van der Waals surface area contributed by atoms with E-state index in [1.54, 1.807) is 0 Å². The number of hydrogen-bond donors (Lipinski definition) is 0. The standard InChI is InChI=1S/C20H21ClFN3O3S/c1-24(2)12-3-13-28-20-19(29(26,27)18-10-4-15(21)5-11-18)14-25(23-20)17-8-6-16(22)7-9-17/h4-11,14H,3,12-13H2,1-2H3. The molecule has 0 aliphatic heterocycles. The number of ether oxygens (including phenoxy) is 1. The highest BCUT2D eigenvalue weighted by Gasteiger charge is 2.26. The van der Waals surface area contributed by atoms with Crippen LogP contribution in [0.15, 0.2) is 64.5 Å². The first-order chi connectivity index (χ1) is 13.8. The van der Waals surface area contributed by atoms with Crippen molar-refractivity contribution in [3.63, 3.8) is 0 Å². The molecule has 0 spiro atoms. The lowest BCUT2D eigenvalue weighted by Gasteiger charge is -2.10. The van der Waals surface area contributed by atoms with E-state index in [4.69, 9.17) is 16.3 Å². The van der Waals surface area contributed by atoms with Crippen molar-refractivity contribution in [1.29, 1.82) is 0 Å². The zero-order valence-corrected chi connectivity index (χ0v) is 17.6. The number of hydrogen-bond acceptors (Lipinski definition) is 5. The number of sulfone groups is 1. The third kappa shape index (κ3) is 5.14. The maximum atomic E-state index is 13.2. The highest BCUT2D eigenvalue weighted by Crippen LogP contribution is 2.30. The van der Waals surface area contributed by atoms with E-state index in [9.17, 15) is 12.8 Å². The fourth-order valence-electron chi connectivity index (χ4n) is 2.64. The molecule has 2 aromatic carbocycles. The van der Waals surface area contributed by atoms with Crippen molar-refractivity contribution in [3.05, 3.63) is 65.6 Å². The lowest BCUT2D eigenvalue weighted by atomic mass is 10.3. The molecule has 0 radical (unpaired) electrons. The van der Waals surface area contributed by atoms with Gasteiger partial charge in [-0.25, -0.2) is 17.5 Å². The average Bonchev–Trinajstić information content (AvgIpc) is 3.11. The van der Waals surface area contributed by atoms with Crippen molar-refractivity contribution in [1.82, 2.24) is 14.7 Å². The largest absolute Gasteiger partial charge is 0.476 e. The van der Waals surface area contributed by atoms with E-state index in [1.165, 1.54) is 59.4 Å². The third-order valence-corrected chi connectivity index (χ3v) is 6.15. The van der Waals surface area contributed by atoms with Crippen molar-refractivity contribution in [3.8, 4) is 11.6 Å². The quantitative estimate of drug-likeness (QED) is 0.501. The number of aromatic nitrogens is 2. The first-order valence-electron chi connectivity index (χ1n) is 8.91. The van der Waals surface area contributed by atoms with Crippen LogP contribution in [0.3, 0.4) is 0 Å². The molecule has 0 N–H and O–H groups in total. The molecule has 0 amide bonds. The van der Waals surface area contributed by atoms with Crippen LogP contribution in [0, 0.1) is 5.82 Å². The summed E-state index contributed by atoms with van der Waals surface area (Å²) in [6.07, 6.45) is 2.08. The smallest absolute Gasteiger partial charge is 0.252 e. The molecule has 0 unspecified atom stereocenters. The number of halogens is 2. The summed E-state index contributed by atoms with van der Waals surface area (Å²) in [5.74, 6) is -0.391. The lowest BCUT2D eigenvalue weighted by molar-refractivity contribution is 0.266. The summed E-state index contributed by atoms with van der Waals surface area (Å²) < 4.78 is 46.6. The molecule has 0 fully saturated rings. The van der Waals surface area contributed by atoms with Crippen LogP contribution >= 0.6 is 11.6 Å². The molecule has 6 nitrogen and oxygen atoms in total. The second-order valence-electron chi connectivity index (χ2n) is 6.68. The molecule has 3 aromatic rings. The molecule has 154 valence electrons. The first-order valence-corrected chi connectivity index (χ1v) is 10.8. The summed E-state index contributed by atoms with van der Waals surface area (Å²) >= 11 is 5.88. The summed E-state index contributed by atoms with van der Waals surface area (Å²) in [5, 5.41) is 4.73. The number of rotatable bonds is 8. The Balaban J connectivity index is 1.98. The fourth-order valence-corrected chi connectivity index (χ4v) is 4.09. The van der Waals surface area contributed by atoms with Crippen molar-refractivity contribution < 1.29 is 17.5 Å². The van der Waals surface area contributed by atoms with Gasteiger partial charge in [0.2, 0.25) is 9.84 Å². The Kier molecular flexibility index (Phi) is 6.56. The molecular formula is C20H21ClFN3O3S. The van der Waals surface area contributed by atoms with Gasteiger partial charge in [-0.05, 0) is 69.0 Å². The average molecular weight is 438 g/mol. The summed E-state index contributed by atoms with van der Waals surface area (Å²) in [5.41, 5.74) is 0.516. The third-order valence-electron chi connectivity index (χ3n) is 4.14. The Morgan fingerprint density at radius 1 is 1.10 bits per heavy atom. The summed E-state index contributed by atoms with van der Waals surface area (Å²) in [6.45, 7) is 1.10. The van der Waals surface area contributed by atoms with Gasteiger partial charge in [0, 0.05) is 11.6 Å². The maximum absolute atomic E-state index is 13.2. The molecule has 1 aromatic heterocycles. The molecular weight excluding hydrogens is 417 g/mol. The topological polar surface area (TPSA) is 64.4 Å². The van der Waals surface area contributed by atoms with Gasteiger partial charge in [-0.15, -0.1) is 5.10 Å². The Bertz CT molecular complexity index is 1070. The van der Waals surface area contributed by atoms with E-state index in [-0.39, 0.29) is 15.7 Å². The van der Waals surface area contributed by atoms with E-state index in [0.717, 1.165) is 6.54 Å². The molecule has 0 aliphatic carbocycles. The summed E-state index contributed by atoms with van der Waals surface area (Å²) in [6, 6.07) is 11.5. The summed E-state index contributed by atoms with van der Waals surface area (Å²) in [7, 11) is 0.00160. The van der Waals surface area contributed by atoms with Crippen molar-refractivity contribution in [2.24, 2.45) is 0 Å². The maximum Gasteiger partial charge on any atom is 0.252 e. The van der Waals surface area contributed by atoms with Gasteiger partial charge in [0.1, 0.15) is 5.82 Å². The van der Waals surface area contributed by atoms with Gasteiger partial charge in [0.25, 0.3) is 5.88 Å². The molecule has 0 saturated heterocycles. The minimum atomic E-state index is -3.89. The zero-order valence-electron chi connectivity index (χ0n) is 16.0. The molecule has 0 bridgehead atoms. The monoisotopic (exact) mass is 437 g/mol. The van der Waals surface area contributed by atoms with Gasteiger partial charge in [-0.3, -0.25) is 0 Å². The van der Waals surface area contributed by atoms with Crippen LogP contribution in [0.2, 0.25) is 5.02 Å². The molecule has 0 saturated carbocycles. The van der Waals surface area contributed by atoms with Crippen molar-refractivity contribution in [2.45, 2.75) is 16.2 Å². The number of benzene rings is 2. The Hall–Kier alpha value is -2.42. The molecule has 9 heteroatoms. The summed E-state index contributed by atoms with van der Waals surface area (Å²) in [4.78, 5) is 2.03. The van der Waals surface area contributed by atoms with Gasteiger partial charge in [0.15, 0.2) is 4.90 Å². The number of nitrogens with zero attached hydrogens (tertiary/aromatic N) is 3. The van der Waals surface area contributed by atoms with Crippen molar-refractivity contribution >= 4 is 21.4 Å². The van der Waals surface area contributed by atoms with E-state index >= 15 is 0 Å². The minimum Gasteiger partial charge on any atom is -0.476 e. The Labute approximate surface area is 174 Å². The SMILES string of the molecule is CN(C)CCCOc1nn(-c2ccc(F)cc2)cc1S(=O)(=O)c1ccc(Cl)cc1. The highest BCUT2D eigenvalue weighted by molar-refractivity contribution is 7.91. The van der Waals surface area contributed by atoms with Crippen LogP contribution in [0.1, 0.15) is 6.42 Å². The molecule has 1 heterocycles. The second kappa shape index (κ2) is 8.94. The molecule has 0 aliphatic rings. The van der Waals surface area contributed by atoms with Crippen LogP contribution < -0.4 is 4.74 Å². The lowest BCUT2D eigenvalue weighted by Crippen LogP contribution is -2.16. The fraction of sp³-hybridized carbons (Fsp3) is 0.250. The van der Waals surface area contributed by atoms with E-state index < -0.39 is 15.7 Å². The van der Waals surface area contributed by atoms with E-state index in [2.05, 4.69) is 5.10 Å². The predicted molar refractivity (Wildman–Crippen MR) is 109 cm³/mol. The van der Waals surface area contributed by atoms with E-state index in [0.29, 0.717) is 23.7 Å². The predicted octanol–water partition coefficient (Wildman–Crippen LogP) is 3.83. The van der Waals surface area contributed by atoms with Gasteiger partial charge >= 0.3 is 0 Å². The first kappa shape index (κ1) is 21.3. The van der Waals surface area contributed by atoms with Gasteiger partial charge in [-0.1, -0.05) is 11.6 Å². The normalized spacial score (nSPS) is 11.8. The highest BCUT2D eigenvalue weighted by atomic mass is 35.5. The van der Waals surface area contributed by atoms with Gasteiger partial charge in [-0.2, -0.15) is 0 Å². The van der Waals surface area contributed by atoms with Crippen molar-refractivity contribution in [2.75, 3.05) is 27.2 Å². The second-order valence-corrected chi connectivity index (χ2v) is 9.04. The van der Waals surface area contributed by atoms with Crippen LogP contribution in [0.5, 0.6) is 5.88 Å². The molecule has 29 heavy (non-hydrogen) atoms. The minimum absolute atomic E-state index is 0.00281. The van der Waals surface area contributed by atoms with Crippen LogP contribution in [-0.2, 0) is 9.84 Å². The molecule has 0 atom stereocenters. The van der Waals surface area contributed by atoms with Crippen LogP contribution in [0.4, 0.5) is 4.39 Å². The van der Waals surface area contributed by atoms with E-state index in [1.807, 2.05) is 19.0 Å². The zero-order chi connectivity index (χ0) is 21.0. The Morgan fingerprint density at radius 2 is 1.76 bits per heavy atom. The van der Waals surface area contributed by atoms with Crippen LogP contribution in [-0.4, -0.2) is 50.3 Å². The van der Waals surface area contributed by atoms with Crippen LogP contribution in [0.25, 0.3) is 5.69 Å². The van der Waals surface area contributed by atoms with Gasteiger partial charge < -0.3 is 9.64 Å². The Morgan fingerprint density at radius 3 is 2.38 bits per heavy atom. The molecule has 3 rings (SSSR count).